The molecule has 4 rings (SSSR count). The van der Waals surface area contributed by atoms with Gasteiger partial charge in [-0.05, 0) is 0 Å². The third kappa shape index (κ3) is 8.16. The van der Waals surface area contributed by atoms with E-state index < -0.39 is 148 Å². The summed E-state index contributed by atoms with van der Waals surface area (Å²) in [7, 11) is 0.636. The summed E-state index contributed by atoms with van der Waals surface area (Å²) >= 11 is 0. The maximum absolute atomic E-state index is 11.9. The van der Waals surface area contributed by atoms with Gasteiger partial charge in [-0.2, -0.15) is 0 Å². The zero-order chi connectivity index (χ0) is 36.5. The first-order valence-corrected chi connectivity index (χ1v) is 14.6. The van der Waals surface area contributed by atoms with Gasteiger partial charge in [0, 0.05) is 0 Å². The van der Waals surface area contributed by atoms with Gasteiger partial charge >= 0.3 is 19.6 Å². The topological polar surface area (TPSA) is 397 Å². The van der Waals surface area contributed by atoms with Crippen molar-refractivity contribution in [2.24, 2.45) is 5.64 Å². The van der Waals surface area contributed by atoms with Crippen LogP contribution >= 0.6 is 0 Å². The van der Waals surface area contributed by atoms with Crippen molar-refractivity contribution in [2.45, 2.75) is 123 Å². The molecular weight excluding hydrogens is 681 g/mol. The van der Waals surface area contributed by atoms with Crippen LogP contribution in [0.2, 0.25) is 0 Å². The fraction of sp³-hybridized carbons (Fsp3) is 0.917. The minimum absolute atomic E-state index is 0.636. The molecule has 0 amide bonds. The van der Waals surface area contributed by atoms with Crippen molar-refractivity contribution in [1.29, 1.82) is 0 Å². The van der Waals surface area contributed by atoms with Gasteiger partial charge in [-0.1, -0.05) is 0 Å². The molecule has 20 atom stereocenters. The molecule has 0 aromatic carbocycles. The fourth-order valence-corrected chi connectivity index (χ4v) is 5.69. The normalized spacial score (nSPS) is 49.3. The Kier molecular flexibility index (Phi) is 13.6. The summed E-state index contributed by atoms with van der Waals surface area (Å²) in [6.07, 6.45) is -40.0. The number of nitrogens with two attached hydrogens (primary N) is 1. The van der Waals surface area contributed by atoms with E-state index in [-0.39, 0.29) is 0 Å². The number of carboxylic acid groups (broad SMARTS) is 2. The second kappa shape index (κ2) is 16.7. The van der Waals surface area contributed by atoms with Crippen LogP contribution in [0.1, 0.15) is 0 Å². The Labute approximate surface area is 275 Å². The van der Waals surface area contributed by atoms with Crippen molar-refractivity contribution in [1.82, 2.24) is 0 Å². The molecule has 0 spiro atoms. The third-order valence-electron chi connectivity index (χ3n) is 8.33. The first-order valence-electron chi connectivity index (χ1n) is 14.6. The summed E-state index contributed by atoms with van der Waals surface area (Å²) in [5.41, 5.74) is 5.14. The molecule has 0 saturated carbocycles. The van der Waals surface area contributed by atoms with Crippen LogP contribution in [-0.2, 0) is 47.4 Å². The molecule has 0 aromatic rings. The number of ether oxygens (including phenoxy) is 7. The maximum Gasteiger partial charge on any atom is 0.394 e. The smallest absolute Gasteiger partial charge is 0.394 e. The van der Waals surface area contributed by atoms with E-state index in [0.717, 1.165) is 0 Å². The van der Waals surface area contributed by atoms with Gasteiger partial charge < -0.3 is 110 Å². The minimum atomic E-state index is -2.25. The average molecular weight is 720 g/mol. The predicted octanol–water partition coefficient (Wildman–Crippen LogP) is -10.0. The summed E-state index contributed by atoms with van der Waals surface area (Å²) < 4.78 is 42.0. The molecule has 4 fully saturated rings. The lowest BCUT2D eigenvalue weighted by atomic mass is 9.95. The number of rotatable bonds is 12. The quantitative estimate of drug-likeness (QED) is 0.0832. The second-order valence-electron chi connectivity index (χ2n) is 11.5. The number of carbonyl (C=O) groups is 2. The van der Waals surface area contributed by atoms with Crippen LogP contribution in [0.4, 0.5) is 0 Å². The Hall–Kier alpha value is -1.80. The molecule has 49 heavy (non-hydrogen) atoms. The van der Waals surface area contributed by atoms with Crippen LogP contribution in [-0.4, -0.2) is 222 Å². The lowest BCUT2D eigenvalue weighted by molar-refractivity contribution is -0.384. The monoisotopic (exact) mass is 720 g/mol. The number of hydrogen-bond acceptors (Lipinski definition) is 22. The fourth-order valence-electron chi connectivity index (χ4n) is 5.69. The van der Waals surface area contributed by atoms with Crippen molar-refractivity contribution < 1.29 is 114 Å². The van der Waals surface area contributed by atoms with E-state index in [4.69, 9.17) is 43.5 Å². The molecule has 281 valence electrons. The van der Waals surface area contributed by atoms with E-state index in [9.17, 15) is 76.0 Å². The summed E-state index contributed by atoms with van der Waals surface area (Å²) in [6, 6.07) is 0. The minimum Gasteiger partial charge on any atom is -0.479 e. The van der Waals surface area contributed by atoms with E-state index in [1.54, 1.807) is 0 Å². The molecular formula is C24H39BNO23. The van der Waals surface area contributed by atoms with Crippen LogP contribution in [0.5, 0.6) is 0 Å². The lowest BCUT2D eigenvalue weighted by Gasteiger charge is -2.48. The van der Waals surface area contributed by atoms with Crippen molar-refractivity contribution in [3.63, 3.8) is 0 Å². The van der Waals surface area contributed by atoms with Crippen molar-refractivity contribution in [3.8, 4) is 0 Å². The Balaban J connectivity index is 1.51. The predicted molar refractivity (Wildman–Crippen MR) is 144 cm³/mol. The number of aliphatic carboxylic acids is 2. The number of carboxylic acids is 2. The molecule has 0 aliphatic carbocycles. The highest BCUT2D eigenvalue weighted by atomic mass is 16.8. The Bertz CT molecular complexity index is 1110. The highest BCUT2D eigenvalue weighted by Crippen LogP contribution is 2.34. The second-order valence-corrected chi connectivity index (χ2v) is 11.5. The molecule has 24 nitrogen and oxygen atoms in total. The van der Waals surface area contributed by atoms with E-state index in [1.807, 2.05) is 0 Å². The molecule has 4 aliphatic heterocycles. The van der Waals surface area contributed by atoms with Gasteiger partial charge in [0.1, 0.15) is 85.5 Å². The van der Waals surface area contributed by atoms with Crippen LogP contribution in [0.15, 0.2) is 0 Å². The number of aliphatic hydroxyl groups is 11. The molecule has 4 heterocycles. The highest BCUT2D eigenvalue weighted by Gasteiger charge is 2.56. The Morgan fingerprint density at radius 3 is 1.37 bits per heavy atom. The molecule has 4 aliphatic rings. The zero-order valence-electron chi connectivity index (χ0n) is 25.0. The average Bonchev–Trinajstić information content (AvgIpc) is 3.06. The highest BCUT2D eigenvalue weighted by molar-refractivity contribution is 6.22. The molecule has 1 radical (unpaired) electrons. The van der Waals surface area contributed by atoms with Crippen LogP contribution in [0, 0.1) is 0 Å². The summed E-state index contributed by atoms with van der Waals surface area (Å²) in [5, 5.41) is 133. The van der Waals surface area contributed by atoms with E-state index in [2.05, 4.69) is 0 Å². The zero-order valence-corrected chi connectivity index (χ0v) is 25.0. The molecule has 0 bridgehead atoms. The lowest BCUT2D eigenvalue weighted by Crippen LogP contribution is -2.68. The van der Waals surface area contributed by atoms with Crippen molar-refractivity contribution in [3.05, 3.63) is 0 Å². The standard InChI is InChI=1S/C24H39BNO23/c26-25-49-24-11(35)8(32)15(4(2-28)43-24)45-23-13(37)16(12(36)18(48-23)20(40)41)46-21-10(34)7(31)14(3(1-27)42-21)44-22-9(33)5(29)6(30)17(47-22)19(38)39/h3-18,21-24,27-37H,1-2,26H2,(H,38,39)(H,40,41). The maximum atomic E-state index is 11.9. The first kappa shape index (κ1) is 40.0. The number of aliphatic hydroxyl groups excluding tert-OH is 11. The molecule has 0 aromatic heterocycles. The SMILES string of the molecule is N[B]OC1OC(CO)C(OC2OC(C(=O)O)C(O)C(OC3OC(CO)C(OC4OC(C(=O)O)C(O)C(O)C4O)C(O)C3O)C2O)C(O)C1O. The van der Waals surface area contributed by atoms with Crippen molar-refractivity contribution >= 4 is 19.6 Å². The van der Waals surface area contributed by atoms with Gasteiger partial charge in [0.05, 0.1) is 13.2 Å². The van der Waals surface area contributed by atoms with Gasteiger partial charge in [-0.3, -0.25) is 0 Å². The van der Waals surface area contributed by atoms with Crippen LogP contribution < -0.4 is 5.64 Å². The Morgan fingerprint density at radius 2 is 0.898 bits per heavy atom. The van der Waals surface area contributed by atoms with Gasteiger partial charge in [0.15, 0.2) is 37.4 Å². The van der Waals surface area contributed by atoms with E-state index in [0.29, 0.717) is 7.62 Å². The third-order valence-corrected chi connectivity index (χ3v) is 8.33. The van der Waals surface area contributed by atoms with Crippen LogP contribution in [0.25, 0.3) is 0 Å². The summed E-state index contributed by atoms with van der Waals surface area (Å²) in [6.45, 7) is -1.91. The number of hydrogen-bond donors (Lipinski definition) is 14. The Morgan fingerprint density at radius 1 is 0.510 bits per heavy atom. The molecule has 25 heteroatoms. The van der Waals surface area contributed by atoms with Crippen molar-refractivity contribution in [2.75, 3.05) is 13.2 Å². The van der Waals surface area contributed by atoms with E-state index >= 15 is 0 Å². The van der Waals surface area contributed by atoms with Gasteiger partial charge in [-0.25, -0.2) is 9.59 Å². The summed E-state index contributed by atoms with van der Waals surface area (Å²) in [5.74, 6) is -3.58. The van der Waals surface area contributed by atoms with Gasteiger partial charge in [0.2, 0.25) is 0 Å². The summed E-state index contributed by atoms with van der Waals surface area (Å²) in [4.78, 5) is 23.4. The molecule has 15 N–H and O–H groups in total. The van der Waals surface area contributed by atoms with Gasteiger partial charge in [-0.15, -0.1) is 0 Å². The van der Waals surface area contributed by atoms with Crippen LogP contribution in [0.3, 0.4) is 0 Å². The van der Waals surface area contributed by atoms with Gasteiger partial charge in [0.25, 0.3) is 0 Å². The van der Waals surface area contributed by atoms with E-state index in [1.165, 1.54) is 0 Å². The largest absolute Gasteiger partial charge is 0.479 e. The first-order chi connectivity index (χ1) is 23.1. The molecule has 20 unspecified atom stereocenters. The molecule has 4 saturated heterocycles.